The van der Waals surface area contributed by atoms with Gasteiger partial charge in [0.05, 0.1) is 14.2 Å². The quantitative estimate of drug-likeness (QED) is 0.664. The molecule has 0 bridgehead atoms. The summed E-state index contributed by atoms with van der Waals surface area (Å²) in [5.74, 6) is 1.40. The molecular formula is C17H14ClNO2. The number of hydrogen-bond donors (Lipinski definition) is 0. The molecule has 0 saturated heterocycles. The van der Waals surface area contributed by atoms with Crippen molar-refractivity contribution in [1.29, 1.82) is 0 Å². The van der Waals surface area contributed by atoms with Gasteiger partial charge in [-0.25, -0.2) is 4.98 Å². The first-order chi connectivity index (χ1) is 10.2. The van der Waals surface area contributed by atoms with E-state index in [1.54, 1.807) is 20.4 Å². The van der Waals surface area contributed by atoms with E-state index in [-0.39, 0.29) is 0 Å². The summed E-state index contributed by atoms with van der Waals surface area (Å²) in [5.41, 5.74) is 2.05. The van der Waals surface area contributed by atoms with Gasteiger partial charge < -0.3 is 9.47 Å². The lowest BCUT2D eigenvalue weighted by molar-refractivity contribution is 0.398. The van der Waals surface area contributed by atoms with E-state index >= 15 is 0 Å². The molecule has 4 heteroatoms. The number of nitrogens with zero attached hydrogens (tertiary/aromatic N) is 1. The zero-order valence-electron chi connectivity index (χ0n) is 11.8. The molecule has 1 aromatic heterocycles. The number of pyridine rings is 1. The number of fused-ring (bicyclic) bond motifs is 1. The Bertz CT molecular complexity index is 788. The van der Waals surface area contributed by atoms with Gasteiger partial charge in [-0.15, -0.1) is 0 Å². The molecule has 0 amide bonds. The highest BCUT2D eigenvalue weighted by Gasteiger charge is 2.14. The van der Waals surface area contributed by atoms with Crippen LogP contribution in [0.2, 0.25) is 5.15 Å². The van der Waals surface area contributed by atoms with Crippen LogP contribution in [-0.2, 0) is 0 Å². The highest BCUT2D eigenvalue weighted by Crippen LogP contribution is 2.40. The fraction of sp³-hybridized carbons (Fsp3) is 0.118. The van der Waals surface area contributed by atoms with E-state index in [1.807, 2.05) is 42.5 Å². The van der Waals surface area contributed by atoms with E-state index < -0.39 is 0 Å². The monoisotopic (exact) mass is 299 g/mol. The molecule has 21 heavy (non-hydrogen) atoms. The summed E-state index contributed by atoms with van der Waals surface area (Å²) >= 11 is 6.25. The summed E-state index contributed by atoms with van der Waals surface area (Å²) in [7, 11) is 3.25. The Morgan fingerprint density at radius 1 is 1.00 bits per heavy atom. The van der Waals surface area contributed by atoms with Crippen molar-refractivity contribution in [3.8, 4) is 22.6 Å². The van der Waals surface area contributed by atoms with Gasteiger partial charge in [0.15, 0.2) is 0 Å². The maximum Gasteiger partial charge on any atom is 0.137 e. The Kier molecular flexibility index (Phi) is 3.67. The van der Waals surface area contributed by atoms with Gasteiger partial charge in [0, 0.05) is 28.6 Å². The van der Waals surface area contributed by atoms with Gasteiger partial charge in [-0.2, -0.15) is 0 Å². The van der Waals surface area contributed by atoms with Gasteiger partial charge in [-0.1, -0.05) is 41.9 Å². The molecule has 0 aliphatic carbocycles. The van der Waals surface area contributed by atoms with Gasteiger partial charge in [0.1, 0.15) is 16.7 Å². The Morgan fingerprint density at radius 2 is 1.76 bits per heavy atom. The second-order valence-electron chi connectivity index (χ2n) is 4.58. The number of methoxy groups -OCH3 is 2. The Morgan fingerprint density at radius 3 is 2.43 bits per heavy atom. The minimum atomic E-state index is 0.432. The largest absolute Gasteiger partial charge is 0.497 e. The van der Waals surface area contributed by atoms with Crippen LogP contribution in [0.15, 0.2) is 48.7 Å². The third kappa shape index (κ3) is 2.41. The minimum absolute atomic E-state index is 0.432. The molecule has 0 fully saturated rings. The van der Waals surface area contributed by atoms with E-state index in [0.29, 0.717) is 16.7 Å². The van der Waals surface area contributed by atoms with E-state index in [1.165, 1.54) is 0 Å². The van der Waals surface area contributed by atoms with Crippen molar-refractivity contribution in [2.75, 3.05) is 14.2 Å². The van der Waals surface area contributed by atoms with E-state index in [9.17, 15) is 0 Å². The maximum atomic E-state index is 6.25. The number of benzene rings is 2. The molecule has 2 aromatic carbocycles. The first-order valence-corrected chi connectivity index (χ1v) is 6.88. The van der Waals surface area contributed by atoms with E-state index in [2.05, 4.69) is 4.98 Å². The van der Waals surface area contributed by atoms with Crippen molar-refractivity contribution in [2.24, 2.45) is 0 Å². The van der Waals surface area contributed by atoms with Crippen molar-refractivity contribution in [2.45, 2.75) is 0 Å². The molecule has 0 N–H and O–H groups in total. The molecule has 1 heterocycles. The van der Waals surface area contributed by atoms with Crippen LogP contribution in [0.3, 0.4) is 0 Å². The summed E-state index contributed by atoms with van der Waals surface area (Å²) in [6.07, 6.45) is 1.77. The zero-order chi connectivity index (χ0) is 14.8. The van der Waals surface area contributed by atoms with Crippen molar-refractivity contribution in [1.82, 2.24) is 4.98 Å². The van der Waals surface area contributed by atoms with Gasteiger partial charge in [0.25, 0.3) is 0 Å². The molecule has 0 radical (unpaired) electrons. The van der Waals surface area contributed by atoms with Crippen LogP contribution in [0.25, 0.3) is 21.9 Å². The standard InChI is InChI=1S/C17H14ClNO2/c1-20-12-8-13-16(15(9-12)21-2)14(10-19-17(13)18)11-6-4-3-5-7-11/h3-10H,1-2H3. The predicted octanol–water partition coefficient (Wildman–Crippen LogP) is 4.57. The van der Waals surface area contributed by atoms with Gasteiger partial charge in [0.2, 0.25) is 0 Å². The smallest absolute Gasteiger partial charge is 0.137 e. The summed E-state index contributed by atoms with van der Waals surface area (Å²) in [6, 6.07) is 13.8. The first-order valence-electron chi connectivity index (χ1n) is 6.50. The van der Waals surface area contributed by atoms with Crippen molar-refractivity contribution in [3.63, 3.8) is 0 Å². The number of rotatable bonds is 3. The number of hydrogen-bond acceptors (Lipinski definition) is 3. The Balaban J connectivity index is 2.39. The third-order valence-corrected chi connectivity index (χ3v) is 3.72. The van der Waals surface area contributed by atoms with Gasteiger partial charge in [-0.3, -0.25) is 0 Å². The van der Waals surface area contributed by atoms with E-state index in [0.717, 1.165) is 21.9 Å². The second kappa shape index (κ2) is 5.62. The Labute approximate surface area is 128 Å². The highest BCUT2D eigenvalue weighted by atomic mass is 35.5. The molecule has 0 aliphatic heterocycles. The lowest BCUT2D eigenvalue weighted by Crippen LogP contribution is -1.93. The van der Waals surface area contributed by atoms with Gasteiger partial charge in [-0.05, 0) is 11.6 Å². The first kappa shape index (κ1) is 13.7. The summed E-state index contributed by atoms with van der Waals surface area (Å²) in [6.45, 7) is 0. The number of ether oxygens (including phenoxy) is 2. The molecule has 0 unspecified atom stereocenters. The van der Waals surface area contributed by atoms with Crippen LogP contribution < -0.4 is 9.47 Å². The highest BCUT2D eigenvalue weighted by molar-refractivity contribution is 6.35. The molecule has 0 atom stereocenters. The van der Waals surface area contributed by atoms with Crippen LogP contribution in [0.5, 0.6) is 11.5 Å². The average Bonchev–Trinajstić information content (AvgIpc) is 2.55. The van der Waals surface area contributed by atoms with Crippen LogP contribution >= 0.6 is 11.6 Å². The molecule has 0 saturated carbocycles. The van der Waals surface area contributed by atoms with Crippen LogP contribution in [-0.4, -0.2) is 19.2 Å². The minimum Gasteiger partial charge on any atom is -0.497 e. The Hall–Kier alpha value is -2.26. The molecule has 3 nitrogen and oxygen atoms in total. The van der Waals surface area contributed by atoms with Crippen LogP contribution in [0.4, 0.5) is 0 Å². The third-order valence-electron chi connectivity index (χ3n) is 3.41. The van der Waals surface area contributed by atoms with E-state index in [4.69, 9.17) is 21.1 Å². The fourth-order valence-electron chi connectivity index (χ4n) is 2.40. The molecule has 3 rings (SSSR count). The maximum absolute atomic E-state index is 6.25. The average molecular weight is 300 g/mol. The number of halogens is 1. The van der Waals surface area contributed by atoms with Crippen LogP contribution in [0, 0.1) is 0 Å². The molecule has 3 aromatic rings. The SMILES string of the molecule is COc1cc(OC)c2c(-c3ccccc3)cnc(Cl)c2c1. The lowest BCUT2D eigenvalue weighted by atomic mass is 10.00. The van der Waals surface area contributed by atoms with Gasteiger partial charge >= 0.3 is 0 Å². The second-order valence-corrected chi connectivity index (χ2v) is 4.94. The van der Waals surface area contributed by atoms with Crippen molar-refractivity contribution >= 4 is 22.4 Å². The lowest BCUT2D eigenvalue weighted by Gasteiger charge is -2.13. The molecular weight excluding hydrogens is 286 g/mol. The predicted molar refractivity (Wildman–Crippen MR) is 85.3 cm³/mol. The summed E-state index contributed by atoms with van der Waals surface area (Å²) in [5, 5.41) is 2.18. The fourth-order valence-corrected chi connectivity index (χ4v) is 2.60. The van der Waals surface area contributed by atoms with Crippen molar-refractivity contribution < 1.29 is 9.47 Å². The normalized spacial score (nSPS) is 10.6. The summed E-state index contributed by atoms with van der Waals surface area (Å²) < 4.78 is 10.8. The zero-order valence-corrected chi connectivity index (χ0v) is 12.5. The summed E-state index contributed by atoms with van der Waals surface area (Å²) in [4.78, 5) is 4.29. The van der Waals surface area contributed by atoms with Crippen molar-refractivity contribution in [3.05, 3.63) is 53.8 Å². The molecule has 106 valence electrons. The van der Waals surface area contributed by atoms with Crippen LogP contribution in [0.1, 0.15) is 0 Å². The topological polar surface area (TPSA) is 31.4 Å². The number of aromatic nitrogens is 1. The molecule has 0 spiro atoms. The molecule has 0 aliphatic rings.